The van der Waals surface area contributed by atoms with Gasteiger partial charge in [0.25, 0.3) is 11.8 Å². The molecule has 0 radical (unpaired) electrons. The van der Waals surface area contributed by atoms with Crippen LogP contribution in [-0.2, 0) is 4.79 Å². The predicted molar refractivity (Wildman–Crippen MR) is 61.9 cm³/mol. The Morgan fingerprint density at radius 2 is 1.71 bits per heavy atom. The van der Waals surface area contributed by atoms with Gasteiger partial charge in [-0.25, -0.2) is 0 Å². The van der Waals surface area contributed by atoms with E-state index < -0.39 is 11.3 Å². The van der Waals surface area contributed by atoms with Crippen LogP contribution in [0.15, 0.2) is 24.3 Å². The summed E-state index contributed by atoms with van der Waals surface area (Å²) in [6.45, 7) is 1.63. The molecule has 0 spiro atoms. The van der Waals surface area contributed by atoms with E-state index in [0.29, 0.717) is 11.1 Å². The molecule has 1 unspecified atom stereocenters. The lowest BCUT2D eigenvalue weighted by molar-refractivity contribution is -0.112. The highest BCUT2D eigenvalue weighted by molar-refractivity contribution is 6.63. The van der Waals surface area contributed by atoms with Crippen molar-refractivity contribution in [2.75, 3.05) is 0 Å². The van der Waals surface area contributed by atoms with Crippen LogP contribution in [0.2, 0.25) is 0 Å². The van der Waals surface area contributed by atoms with Crippen LogP contribution in [0.4, 0.5) is 0 Å². The first-order chi connectivity index (χ1) is 8.02. The quantitative estimate of drug-likeness (QED) is 0.608. The highest BCUT2D eigenvalue weighted by atomic mass is 35.5. The van der Waals surface area contributed by atoms with Crippen LogP contribution in [0.3, 0.4) is 0 Å². The van der Waals surface area contributed by atoms with Gasteiger partial charge in [0.15, 0.2) is 0 Å². The third kappa shape index (κ3) is 1.96. The van der Waals surface area contributed by atoms with E-state index in [1.165, 1.54) is 0 Å². The van der Waals surface area contributed by atoms with E-state index in [4.69, 9.17) is 11.6 Å². The van der Waals surface area contributed by atoms with Crippen LogP contribution >= 0.6 is 11.6 Å². The second-order valence-electron chi connectivity index (χ2n) is 3.93. The molecule has 2 amide bonds. The van der Waals surface area contributed by atoms with Crippen molar-refractivity contribution < 1.29 is 14.4 Å². The molecule has 1 heterocycles. The Labute approximate surface area is 103 Å². The standard InChI is InChI=1S/C12H10ClNO3/c1-7(6-10(13)15)14-11(16)8-4-2-3-5-9(8)12(14)17/h2-5,7H,6H2,1H3. The van der Waals surface area contributed by atoms with Crippen LogP contribution in [0.5, 0.6) is 0 Å². The van der Waals surface area contributed by atoms with Crippen molar-refractivity contribution >= 4 is 28.7 Å². The summed E-state index contributed by atoms with van der Waals surface area (Å²) >= 11 is 5.27. The predicted octanol–water partition coefficient (Wildman–Crippen LogP) is 1.83. The smallest absolute Gasteiger partial charge is 0.261 e. The number of nitrogens with zero attached hydrogens (tertiary/aromatic N) is 1. The number of carbonyl (C=O) groups excluding carboxylic acids is 3. The summed E-state index contributed by atoms with van der Waals surface area (Å²) < 4.78 is 0. The van der Waals surface area contributed by atoms with Crippen molar-refractivity contribution in [3.8, 4) is 0 Å². The molecule has 17 heavy (non-hydrogen) atoms. The minimum Gasteiger partial charge on any atom is -0.281 e. The van der Waals surface area contributed by atoms with Crippen molar-refractivity contribution in [2.45, 2.75) is 19.4 Å². The molecule has 0 N–H and O–H groups in total. The summed E-state index contributed by atoms with van der Waals surface area (Å²) in [5.41, 5.74) is 0.762. The van der Waals surface area contributed by atoms with Crippen molar-refractivity contribution in [3.05, 3.63) is 35.4 Å². The van der Waals surface area contributed by atoms with E-state index in [-0.39, 0.29) is 18.2 Å². The zero-order valence-corrected chi connectivity index (χ0v) is 9.90. The summed E-state index contributed by atoms with van der Waals surface area (Å²) in [6.07, 6.45) is -0.0347. The second-order valence-corrected chi connectivity index (χ2v) is 4.36. The topological polar surface area (TPSA) is 54.5 Å². The maximum Gasteiger partial charge on any atom is 0.261 e. The molecule has 0 bridgehead atoms. The Kier molecular flexibility index (Phi) is 2.98. The lowest BCUT2D eigenvalue weighted by Crippen LogP contribution is -2.38. The molecule has 4 nitrogen and oxygen atoms in total. The van der Waals surface area contributed by atoms with Gasteiger partial charge in [-0.15, -0.1) is 0 Å². The first-order valence-corrected chi connectivity index (χ1v) is 5.55. The summed E-state index contributed by atoms with van der Waals surface area (Å²) in [5, 5.41) is -0.561. The highest BCUT2D eigenvalue weighted by Crippen LogP contribution is 2.25. The van der Waals surface area contributed by atoms with Crippen LogP contribution in [-0.4, -0.2) is 28.0 Å². The third-order valence-electron chi connectivity index (χ3n) is 2.72. The first-order valence-electron chi connectivity index (χ1n) is 5.17. The van der Waals surface area contributed by atoms with Gasteiger partial charge in [-0.2, -0.15) is 0 Å². The molecule has 0 aromatic heterocycles. The summed E-state index contributed by atoms with van der Waals surface area (Å²) in [5.74, 6) is -0.730. The van der Waals surface area contributed by atoms with Gasteiger partial charge in [0, 0.05) is 12.5 Å². The lowest BCUT2D eigenvalue weighted by atomic mass is 10.1. The molecule has 1 aliphatic rings. The van der Waals surface area contributed by atoms with Gasteiger partial charge in [0.05, 0.1) is 11.1 Å². The SMILES string of the molecule is CC(CC(=O)Cl)N1C(=O)c2ccccc2C1=O. The van der Waals surface area contributed by atoms with Crippen molar-refractivity contribution in [2.24, 2.45) is 0 Å². The average molecular weight is 252 g/mol. The van der Waals surface area contributed by atoms with E-state index in [2.05, 4.69) is 0 Å². The van der Waals surface area contributed by atoms with Crippen LogP contribution in [0.25, 0.3) is 0 Å². The van der Waals surface area contributed by atoms with E-state index in [9.17, 15) is 14.4 Å². The maximum absolute atomic E-state index is 12.0. The van der Waals surface area contributed by atoms with Crippen molar-refractivity contribution in [3.63, 3.8) is 0 Å². The molecule has 0 fully saturated rings. The molecule has 1 atom stereocenters. The number of amides is 2. The Morgan fingerprint density at radius 3 is 2.12 bits per heavy atom. The normalized spacial score (nSPS) is 16.0. The fraction of sp³-hybridized carbons (Fsp3) is 0.250. The summed E-state index contributed by atoms with van der Waals surface area (Å²) in [6, 6.07) is 6.08. The monoisotopic (exact) mass is 251 g/mol. The van der Waals surface area contributed by atoms with Crippen LogP contribution in [0.1, 0.15) is 34.1 Å². The van der Waals surface area contributed by atoms with Gasteiger partial charge in [-0.3, -0.25) is 19.3 Å². The molecule has 0 saturated heterocycles. The van der Waals surface area contributed by atoms with Crippen molar-refractivity contribution in [1.82, 2.24) is 4.90 Å². The molecule has 0 aliphatic carbocycles. The number of rotatable bonds is 3. The summed E-state index contributed by atoms with van der Waals surface area (Å²) in [4.78, 5) is 35.9. The minimum absolute atomic E-state index is 0.0347. The third-order valence-corrected chi connectivity index (χ3v) is 2.88. The molecule has 1 aliphatic heterocycles. The average Bonchev–Trinajstić information content (AvgIpc) is 2.51. The van der Waals surface area contributed by atoms with E-state index in [1.54, 1.807) is 31.2 Å². The molecule has 5 heteroatoms. The van der Waals surface area contributed by atoms with Gasteiger partial charge < -0.3 is 0 Å². The Bertz CT molecular complexity index is 477. The zero-order valence-electron chi connectivity index (χ0n) is 9.14. The number of hydrogen-bond acceptors (Lipinski definition) is 3. The number of imide groups is 1. The Morgan fingerprint density at radius 1 is 1.24 bits per heavy atom. The fourth-order valence-electron chi connectivity index (χ4n) is 1.93. The van der Waals surface area contributed by atoms with E-state index in [0.717, 1.165) is 4.90 Å². The number of hydrogen-bond donors (Lipinski definition) is 0. The van der Waals surface area contributed by atoms with Gasteiger partial charge in [-0.05, 0) is 30.7 Å². The molecule has 88 valence electrons. The van der Waals surface area contributed by atoms with E-state index >= 15 is 0 Å². The molecule has 1 aromatic rings. The van der Waals surface area contributed by atoms with Crippen LogP contribution < -0.4 is 0 Å². The molecular weight excluding hydrogens is 242 g/mol. The van der Waals surface area contributed by atoms with Gasteiger partial charge in [0.2, 0.25) is 5.24 Å². The van der Waals surface area contributed by atoms with Gasteiger partial charge in [0.1, 0.15) is 0 Å². The molecule has 2 rings (SSSR count). The maximum atomic E-state index is 12.0. The fourth-order valence-corrected chi connectivity index (χ4v) is 2.16. The number of fused-ring (bicyclic) bond motifs is 1. The number of halogens is 1. The van der Waals surface area contributed by atoms with Gasteiger partial charge >= 0.3 is 0 Å². The van der Waals surface area contributed by atoms with Crippen molar-refractivity contribution in [1.29, 1.82) is 0 Å². The summed E-state index contributed by atoms with van der Waals surface area (Å²) in [7, 11) is 0. The highest BCUT2D eigenvalue weighted by Gasteiger charge is 2.38. The molecular formula is C12H10ClNO3. The Hall–Kier alpha value is -1.68. The first kappa shape index (κ1) is 11.8. The number of carbonyl (C=O) groups is 3. The van der Waals surface area contributed by atoms with Crippen LogP contribution in [0, 0.1) is 0 Å². The van der Waals surface area contributed by atoms with E-state index in [1.807, 2.05) is 0 Å². The number of benzene rings is 1. The second kappa shape index (κ2) is 4.30. The lowest BCUT2D eigenvalue weighted by Gasteiger charge is -2.20. The van der Waals surface area contributed by atoms with Gasteiger partial charge in [-0.1, -0.05) is 12.1 Å². The Balaban J connectivity index is 2.33. The molecule has 0 saturated carbocycles. The zero-order chi connectivity index (χ0) is 12.6. The largest absolute Gasteiger partial charge is 0.281 e. The minimum atomic E-state index is -0.561. The molecule has 1 aromatic carbocycles.